The highest BCUT2D eigenvalue weighted by atomic mass is 16.5. The third-order valence-electron chi connectivity index (χ3n) is 6.68. The van der Waals surface area contributed by atoms with E-state index in [4.69, 9.17) is 14.1 Å². The Balaban J connectivity index is 1.36. The zero-order chi connectivity index (χ0) is 24.9. The predicted molar refractivity (Wildman–Crippen MR) is 135 cm³/mol. The molecule has 186 valence electrons. The summed E-state index contributed by atoms with van der Waals surface area (Å²) in [6.07, 6.45) is 1.52. The van der Waals surface area contributed by atoms with Gasteiger partial charge in [0.25, 0.3) is 0 Å². The zero-order valence-electron chi connectivity index (χ0n) is 20.2. The third kappa shape index (κ3) is 4.90. The second-order valence-electron chi connectivity index (χ2n) is 8.88. The number of hydrogen-bond donors (Lipinski definition) is 1. The normalized spacial score (nSPS) is 20.7. The number of esters is 1. The van der Waals surface area contributed by atoms with Gasteiger partial charge >= 0.3 is 5.97 Å². The molecule has 1 aromatic heterocycles. The summed E-state index contributed by atoms with van der Waals surface area (Å²) in [4.78, 5) is 34.9. The number of carbonyl (C=O) groups excluding carboxylic acids is 2. The predicted octanol–water partition coefficient (Wildman–Crippen LogP) is 3.39. The van der Waals surface area contributed by atoms with Crippen molar-refractivity contribution < 1.29 is 18.7 Å². The minimum absolute atomic E-state index is 0.140. The number of carbonyl (C=O) groups is 2. The summed E-state index contributed by atoms with van der Waals surface area (Å²) in [5, 5.41) is 2.85. The second kappa shape index (κ2) is 10.8. The minimum atomic E-state index is -1.08. The first-order chi connectivity index (χ1) is 17.7. The minimum Gasteiger partial charge on any atom is -0.467 e. The molecule has 0 unspecified atom stereocenters. The SMILES string of the molecule is CCOC(=O)[C@H]1C(=O)NC(N2CCN(C(c3ccccc3)c3ccccc3)CC2)=N[C@@H]1c1ccco1. The maximum atomic E-state index is 13.0. The maximum absolute atomic E-state index is 13.0. The van der Waals surface area contributed by atoms with Crippen LogP contribution in [-0.2, 0) is 14.3 Å². The Hall–Kier alpha value is -3.91. The van der Waals surface area contributed by atoms with Gasteiger partial charge in [0.05, 0.1) is 18.9 Å². The molecule has 2 aromatic carbocycles. The van der Waals surface area contributed by atoms with Crippen LogP contribution in [0.15, 0.2) is 88.5 Å². The number of guanidine groups is 1. The average Bonchev–Trinajstić information content (AvgIpc) is 3.45. The summed E-state index contributed by atoms with van der Waals surface area (Å²) in [6.45, 7) is 4.85. The molecule has 2 aliphatic rings. The number of ether oxygens (including phenoxy) is 1. The zero-order valence-corrected chi connectivity index (χ0v) is 20.2. The van der Waals surface area contributed by atoms with Gasteiger partial charge in [0.1, 0.15) is 11.8 Å². The Bertz CT molecular complexity index is 1150. The molecule has 1 saturated heterocycles. The Morgan fingerprint density at radius 3 is 2.19 bits per heavy atom. The van der Waals surface area contributed by atoms with E-state index in [2.05, 4.69) is 63.6 Å². The summed E-state index contributed by atoms with van der Waals surface area (Å²) in [7, 11) is 0. The first kappa shape index (κ1) is 23.8. The van der Waals surface area contributed by atoms with Gasteiger partial charge in [-0.3, -0.25) is 19.8 Å². The van der Waals surface area contributed by atoms with Crippen molar-refractivity contribution in [2.24, 2.45) is 10.9 Å². The van der Waals surface area contributed by atoms with E-state index >= 15 is 0 Å². The Morgan fingerprint density at radius 1 is 1.00 bits per heavy atom. The summed E-state index contributed by atoms with van der Waals surface area (Å²) in [5.74, 6) is -1.17. The van der Waals surface area contributed by atoms with Gasteiger partial charge in [-0.15, -0.1) is 0 Å². The standard InChI is InChI=1S/C28H30N4O4/c1-2-35-27(34)23-24(22-14-9-19-36-22)29-28(30-26(23)33)32-17-15-31(16-18-32)25(20-10-5-3-6-11-20)21-12-7-4-8-13-21/h3-14,19,23-25H,2,15-18H2,1H3,(H,29,30,33)/t23-,24-/m1/s1. The topological polar surface area (TPSA) is 87.4 Å². The average molecular weight is 487 g/mol. The van der Waals surface area contributed by atoms with Crippen LogP contribution >= 0.6 is 0 Å². The van der Waals surface area contributed by atoms with Crippen LogP contribution in [0.25, 0.3) is 0 Å². The molecule has 1 amide bonds. The van der Waals surface area contributed by atoms with E-state index in [1.807, 2.05) is 12.1 Å². The van der Waals surface area contributed by atoms with Crippen LogP contribution in [0.1, 0.15) is 35.9 Å². The fourth-order valence-corrected chi connectivity index (χ4v) is 4.96. The van der Waals surface area contributed by atoms with E-state index in [9.17, 15) is 9.59 Å². The number of amides is 1. The van der Waals surface area contributed by atoms with Crippen LogP contribution in [0, 0.1) is 5.92 Å². The molecule has 0 aliphatic carbocycles. The van der Waals surface area contributed by atoms with Crippen molar-refractivity contribution >= 4 is 17.8 Å². The summed E-state index contributed by atoms with van der Waals surface area (Å²) in [5.41, 5.74) is 2.49. The van der Waals surface area contributed by atoms with E-state index in [1.165, 1.54) is 17.4 Å². The molecular formula is C28H30N4O4. The number of rotatable bonds is 6. The van der Waals surface area contributed by atoms with E-state index in [0.29, 0.717) is 24.8 Å². The van der Waals surface area contributed by atoms with Crippen molar-refractivity contribution in [1.82, 2.24) is 15.1 Å². The Labute approximate surface area is 210 Å². The largest absolute Gasteiger partial charge is 0.467 e. The van der Waals surface area contributed by atoms with Crippen LogP contribution in [0.2, 0.25) is 0 Å². The van der Waals surface area contributed by atoms with E-state index in [-0.39, 0.29) is 12.6 Å². The van der Waals surface area contributed by atoms with Crippen LogP contribution in [0.3, 0.4) is 0 Å². The molecule has 2 aliphatic heterocycles. The summed E-state index contributed by atoms with van der Waals surface area (Å²) < 4.78 is 10.7. The lowest BCUT2D eigenvalue weighted by Gasteiger charge is -2.41. The molecule has 3 heterocycles. The van der Waals surface area contributed by atoms with Gasteiger partial charge < -0.3 is 14.1 Å². The van der Waals surface area contributed by atoms with E-state index in [0.717, 1.165) is 13.1 Å². The molecule has 1 fully saturated rings. The van der Waals surface area contributed by atoms with Gasteiger partial charge in [-0.25, -0.2) is 4.99 Å². The molecule has 0 saturated carbocycles. The molecule has 36 heavy (non-hydrogen) atoms. The summed E-state index contributed by atoms with van der Waals surface area (Å²) >= 11 is 0. The first-order valence-electron chi connectivity index (χ1n) is 12.3. The van der Waals surface area contributed by atoms with Gasteiger partial charge in [-0.1, -0.05) is 60.7 Å². The smallest absolute Gasteiger partial charge is 0.321 e. The van der Waals surface area contributed by atoms with Gasteiger partial charge in [0, 0.05) is 26.2 Å². The molecule has 8 heteroatoms. The molecule has 5 rings (SSSR count). The number of furan rings is 1. The number of aliphatic imine (C=N–C) groups is 1. The Kier molecular flexibility index (Phi) is 7.13. The van der Waals surface area contributed by atoms with Crippen LogP contribution in [-0.4, -0.2) is 60.4 Å². The van der Waals surface area contributed by atoms with Crippen LogP contribution < -0.4 is 5.32 Å². The lowest BCUT2D eigenvalue weighted by atomic mass is 9.95. The van der Waals surface area contributed by atoms with Crippen molar-refractivity contribution in [3.8, 4) is 0 Å². The quantitative estimate of drug-likeness (QED) is 0.425. The van der Waals surface area contributed by atoms with Crippen molar-refractivity contribution in [3.63, 3.8) is 0 Å². The second-order valence-corrected chi connectivity index (χ2v) is 8.88. The van der Waals surface area contributed by atoms with Gasteiger partial charge in [0.2, 0.25) is 11.9 Å². The molecule has 0 radical (unpaired) electrons. The highest BCUT2D eigenvalue weighted by molar-refractivity contribution is 6.08. The molecule has 8 nitrogen and oxygen atoms in total. The van der Waals surface area contributed by atoms with Crippen molar-refractivity contribution in [2.75, 3.05) is 32.8 Å². The lowest BCUT2D eigenvalue weighted by Crippen LogP contribution is -2.57. The first-order valence-corrected chi connectivity index (χ1v) is 12.3. The van der Waals surface area contributed by atoms with Crippen molar-refractivity contribution in [3.05, 3.63) is 95.9 Å². The number of nitrogens with zero attached hydrogens (tertiary/aromatic N) is 3. The number of benzene rings is 2. The highest BCUT2D eigenvalue weighted by Gasteiger charge is 2.43. The fourth-order valence-electron chi connectivity index (χ4n) is 4.96. The molecule has 1 N–H and O–H groups in total. The number of piperazine rings is 1. The molecule has 0 bridgehead atoms. The fraction of sp³-hybridized carbons (Fsp3) is 0.321. The molecule has 0 spiro atoms. The van der Waals surface area contributed by atoms with Gasteiger partial charge in [-0.2, -0.15) is 0 Å². The lowest BCUT2D eigenvalue weighted by molar-refractivity contribution is -0.153. The van der Waals surface area contributed by atoms with E-state index in [1.54, 1.807) is 19.1 Å². The number of hydrogen-bond acceptors (Lipinski definition) is 7. The maximum Gasteiger partial charge on any atom is 0.321 e. The Morgan fingerprint density at radius 2 is 1.64 bits per heavy atom. The summed E-state index contributed by atoms with van der Waals surface area (Å²) in [6, 6.07) is 23.9. The third-order valence-corrected chi connectivity index (χ3v) is 6.68. The van der Waals surface area contributed by atoms with Crippen molar-refractivity contribution in [1.29, 1.82) is 0 Å². The van der Waals surface area contributed by atoms with E-state index < -0.39 is 23.8 Å². The molecule has 2 atom stereocenters. The van der Waals surface area contributed by atoms with Gasteiger partial charge in [-0.05, 0) is 30.2 Å². The molecular weight excluding hydrogens is 456 g/mol. The highest BCUT2D eigenvalue weighted by Crippen LogP contribution is 2.32. The van der Waals surface area contributed by atoms with Crippen LogP contribution in [0.4, 0.5) is 0 Å². The monoisotopic (exact) mass is 486 g/mol. The molecule has 3 aromatic rings. The van der Waals surface area contributed by atoms with Gasteiger partial charge in [0.15, 0.2) is 5.92 Å². The number of nitrogens with one attached hydrogen (secondary N) is 1. The van der Waals surface area contributed by atoms with Crippen molar-refractivity contribution in [2.45, 2.75) is 19.0 Å². The van der Waals surface area contributed by atoms with Crippen LogP contribution in [0.5, 0.6) is 0 Å².